The molecule has 31 valence electrons. The molecule has 0 aromatic carbocycles. The summed E-state index contributed by atoms with van der Waals surface area (Å²) < 4.78 is 0. The van der Waals surface area contributed by atoms with E-state index >= 15 is 0 Å². The van der Waals surface area contributed by atoms with Crippen molar-refractivity contribution in [1.29, 1.82) is 0 Å². The van der Waals surface area contributed by atoms with Crippen molar-refractivity contribution in [3.8, 4) is 0 Å². The first-order valence-corrected chi connectivity index (χ1v) is 0. The fourth-order valence-electron chi connectivity index (χ4n) is 0. The smallest absolute Gasteiger partial charge is 0 e. The van der Waals surface area contributed by atoms with Gasteiger partial charge in [-0.1, -0.05) is 0 Å². The average molecular weight is 243 g/mol. The van der Waals surface area contributed by atoms with Gasteiger partial charge in [0.15, 0.2) is 0 Å². The fraction of sp³-hybridized carbons (Fsp3) is 0. The molecule has 0 amide bonds. The van der Waals surface area contributed by atoms with Crippen LogP contribution in [0.15, 0.2) is 0 Å². The van der Waals surface area contributed by atoms with Gasteiger partial charge in [-0.25, -0.2) is 0 Å². The molecule has 0 bridgehead atoms. The van der Waals surface area contributed by atoms with Crippen molar-refractivity contribution in [2.45, 2.75) is 0 Å². The standard InChI is InChI=1S/Cu.Fe.Nb.H3Si/h;;;1H3. The molecule has 0 nitrogen and oxygen atoms in total. The molecule has 0 saturated carbocycles. The van der Waals surface area contributed by atoms with Crippen LogP contribution in [0.4, 0.5) is 0 Å². The third kappa shape index (κ3) is 9.00. The third-order valence-corrected chi connectivity index (χ3v) is 0. The van der Waals surface area contributed by atoms with Crippen LogP contribution in [0.25, 0.3) is 0 Å². The molecule has 4 heavy (non-hydrogen) atoms. The van der Waals surface area contributed by atoms with Gasteiger partial charge in [-0.2, -0.15) is 0 Å². The minimum absolute atomic E-state index is 0. The summed E-state index contributed by atoms with van der Waals surface area (Å²) in [4.78, 5) is 0. The molecular weight excluding hydrogens is 240 g/mol. The van der Waals surface area contributed by atoms with Crippen LogP contribution >= 0.6 is 0 Å². The Balaban J connectivity index is 0. The summed E-state index contributed by atoms with van der Waals surface area (Å²) in [5.74, 6) is 0. The molecule has 0 N–H and O–H groups in total. The molecule has 0 aliphatic rings. The van der Waals surface area contributed by atoms with E-state index < -0.39 is 0 Å². The largest absolute Gasteiger partial charge is 0.0125 e. The Morgan fingerprint density at radius 1 is 1.00 bits per heavy atom. The fourth-order valence-corrected chi connectivity index (χ4v) is 0. The third-order valence-electron chi connectivity index (χ3n) is 0. The van der Waals surface area contributed by atoms with Gasteiger partial charge in [0.2, 0.25) is 0 Å². The van der Waals surface area contributed by atoms with Crippen LogP contribution in [0.3, 0.4) is 0 Å². The summed E-state index contributed by atoms with van der Waals surface area (Å²) in [6, 6.07) is 0. The summed E-state index contributed by atoms with van der Waals surface area (Å²) in [5.41, 5.74) is 0. The molecule has 0 fully saturated rings. The average Bonchev–Trinajstić information content (AvgIpc) is 0. The van der Waals surface area contributed by atoms with Gasteiger partial charge in [-0.3, -0.25) is 0 Å². The zero-order valence-electron chi connectivity index (χ0n) is 2.10. The van der Waals surface area contributed by atoms with E-state index in [1.165, 1.54) is 0 Å². The SMILES string of the molecule is [Cu].[Fe].[Nb].[SiH3]. The molecule has 0 saturated heterocycles. The predicted octanol–water partition coefficient (Wildman–Crippen LogP) is -1.19. The van der Waals surface area contributed by atoms with Crippen molar-refractivity contribution >= 4 is 11.0 Å². The van der Waals surface area contributed by atoms with E-state index in [9.17, 15) is 0 Å². The quantitative estimate of drug-likeness (QED) is 0.469. The minimum atomic E-state index is 0. The second-order valence-corrected chi connectivity index (χ2v) is 0. The normalized spacial score (nSPS) is 0. The maximum absolute atomic E-state index is 0. The van der Waals surface area contributed by atoms with E-state index in [1.807, 2.05) is 0 Å². The Morgan fingerprint density at radius 2 is 1.00 bits per heavy atom. The molecular formula is H3CuFeNbSi. The monoisotopic (exact) mass is 243 g/mol. The van der Waals surface area contributed by atoms with Crippen molar-refractivity contribution in [3.05, 3.63) is 0 Å². The van der Waals surface area contributed by atoms with Crippen molar-refractivity contribution in [2.75, 3.05) is 0 Å². The van der Waals surface area contributed by atoms with Crippen LogP contribution in [-0.2, 0) is 56.5 Å². The second-order valence-electron chi connectivity index (χ2n) is 0. The van der Waals surface area contributed by atoms with Crippen LogP contribution in [0.1, 0.15) is 0 Å². The minimum Gasteiger partial charge on any atom is -0.0125 e. The van der Waals surface area contributed by atoms with E-state index in [2.05, 4.69) is 0 Å². The summed E-state index contributed by atoms with van der Waals surface area (Å²) in [6.45, 7) is 0. The predicted molar refractivity (Wildman–Crippen MR) is 9.94 cm³/mol. The van der Waals surface area contributed by atoms with Crippen molar-refractivity contribution in [3.63, 3.8) is 0 Å². The van der Waals surface area contributed by atoms with E-state index in [4.69, 9.17) is 0 Å². The molecule has 0 aromatic rings. The Morgan fingerprint density at radius 3 is 1.00 bits per heavy atom. The molecule has 0 atom stereocenters. The van der Waals surface area contributed by atoms with Crippen LogP contribution in [0.5, 0.6) is 0 Å². The van der Waals surface area contributed by atoms with Crippen LogP contribution in [0, 0.1) is 0 Å². The molecule has 0 aliphatic carbocycles. The molecule has 4 heteroatoms. The van der Waals surface area contributed by atoms with Crippen LogP contribution < -0.4 is 0 Å². The zero-order valence-corrected chi connectivity index (χ0v) is 8.35. The Kier molecular flexibility index (Phi) is 188. The van der Waals surface area contributed by atoms with Crippen molar-refractivity contribution in [2.24, 2.45) is 0 Å². The number of hydrogen-bond acceptors (Lipinski definition) is 0. The number of rotatable bonds is 0. The molecule has 0 aromatic heterocycles. The summed E-state index contributed by atoms with van der Waals surface area (Å²) in [6.07, 6.45) is 0. The van der Waals surface area contributed by atoms with Gasteiger partial charge < -0.3 is 0 Å². The van der Waals surface area contributed by atoms with E-state index in [1.54, 1.807) is 0 Å². The van der Waals surface area contributed by atoms with Crippen molar-refractivity contribution in [1.82, 2.24) is 0 Å². The molecule has 0 rings (SSSR count). The van der Waals surface area contributed by atoms with E-state index in [0.717, 1.165) is 0 Å². The maximum atomic E-state index is 0. The second kappa shape index (κ2) is 20.0. The first-order valence-electron chi connectivity index (χ1n) is 0. The molecule has 3 radical (unpaired) electrons. The molecule has 0 spiro atoms. The zero-order chi connectivity index (χ0) is 0. The first-order chi connectivity index (χ1) is 0. The van der Waals surface area contributed by atoms with Gasteiger partial charge in [0.05, 0.1) is 0 Å². The summed E-state index contributed by atoms with van der Waals surface area (Å²) in [5, 5.41) is 0. The van der Waals surface area contributed by atoms with Gasteiger partial charge in [0.25, 0.3) is 0 Å². The van der Waals surface area contributed by atoms with Crippen molar-refractivity contribution < 1.29 is 56.5 Å². The molecule has 0 unspecified atom stereocenters. The van der Waals surface area contributed by atoms with E-state index in [-0.39, 0.29) is 67.5 Å². The Labute approximate surface area is 67.0 Å². The van der Waals surface area contributed by atoms with Crippen LogP contribution in [-0.4, -0.2) is 11.0 Å². The molecule has 0 aliphatic heterocycles. The van der Waals surface area contributed by atoms with Gasteiger partial charge in [-0.15, -0.1) is 0 Å². The van der Waals surface area contributed by atoms with Gasteiger partial charge >= 0.3 is 0 Å². The maximum Gasteiger partial charge on any atom is 0 e. The first kappa shape index (κ1) is 37.6. The summed E-state index contributed by atoms with van der Waals surface area (Å²) in [7, 11) is 0. The van der Waals surface area contributed by atoms with Crippen LogP contribution in [0.2, 0.25) is 0 Å². The van der Waals surface area contributed by atoms with E-state index in [0.29, 0.717) is 0 Å². The number of hydrogen-bond donors (Lipinski definition) is 0. The molecule has 0 heterocycles. The Hall–Kier alpha value is 2.00. The van der Waals surface area contributed by atoms with Gasteiger partial charge in [0, 0.05) is 56.5 Å². The topological polar surface area (TPSA) is 0 Å². The summed E-state index contributed by atoms with van der Waals surface area (Å²) >= 11 is 0. The Bertz CT molecular complexity index is 8.00. The van der Waals surface area contributed by atoms with Gasteiger partial charge in [-0.05, 0) is 11.0 Å². The van der Waals surface area contributed by atoms with Gasteiger partial charge in [0.1, 0.15) is 0 Å².